The minimum absolute atomic E-state index is 0.611. The van der Waals surface area contributed by atoms with Crippen LogP contribution in [0.3, 0.4) is 0 Å². The van der Waals surface area contributed by atoms with Crippen molar-refractivity contribution < 1.29 is 0 Å². The zero-order valence-corrected chi connectivity index (χ0v) is 32.0. The second kappa shape index (κ2) is 13.7. The molecular formula is C53H32N4S. The fourth-order valence-corrected chi connectivity index (χ4v) is 10.0. The number of rotatable bonds is 5. The summed E-state index contributed by atoms with van der Waals surface area (Å²) < 4.78 is 0. The van der Waals surface area contributed by atoms with Crippen LogP contribution in [0.1, 0.15) is 27.8 Å². The maximum atomic E-state index is 10.1. The van der Waals surface area contributed by atoms with E-state index in [0.717, 1.165) is 38.9 Å². The average Bonchev–Trinajstić information content (AvgIpc) is 3.58. The molecule has 1 aliphatic carbocycles. The van der Waals surface area contributed by atoms with Gasteiger partial charge in [0.15, 0.2) is 17.5 Å². The molecule has 4 nitrogen and oxygen atoms in total. The van der Waals surface area contributed by atoms with E-state index in [9.17, 15) is 5.26 Å². The molecule has 270 valence electrons. The van der Waals surface area contributed by atoms with E-state index < -0.39 is 5.41 Å². The zero-order chi connectivity index (χ0) is 38.6. The van der Waals surface area contributed by atoms with E-state index in [2.05, 4.69) is 140 Å². The average molecular weight is 757 g/mol. The van der Waals surface area contributed by atoms with Crippen molar-refractivity contribution in [1.29, 1.82) is 5.26 Å². The molecule has 2 aliphatic rings. The third kappa shape index (κ3) is 5.34. The Kier molecular flexibility index (Phi) is 7.99. The van der Waals surface area contributed by atoms with Crippen LogP contribution in [0.5, 0.6) is 0 Å². The van der Waals surface area contributed by atoms with E-state index in [0.29, 0.717) is 23.0 Å². The van der Waals surface area contributed by atoms with Gasteiger partial charge in [-0.2, -0.15) is 5.26 Å². The number of benzene rings is 8. The van der Waals surface area contributed by atoms with Crippen LogP contribution >= 0.6 is 11.8 Å². The van der Waals surface area contributed by atoms with Crippen LogP contribution in [-0.2, 0) is 5.41 Å². The maximum absolute atomic E-state index is 10.1. The first-order valence-electron chi connectivity index (χ1n) is 19.3. The Labute approximate surface area is 341 Å². The fraction of sp³-hybridized carbons (Fsp3) is 0.0189. The second-order valence-corrected chi connectivity index (χ2v) is 15.7. The molecule has 1 aromatic heterocycles. The Morgan fingerprint density at radius 1 is 0.362 bits per heavy atom. The number of hydrogen-bond donors (Lipinski definition) is 0. The Hall–Kier alpha value is -7.39. The molecule has 0 saturated heterocycles. The van der Waals surface area contributed by atoms with Crippen LogP contribution in [0.2, 0.25) is 0 Å². The van der Waals surface area contributed by atoms with Gasteiger partial charge < -0.3 is 0 Å². The fourth-order valence-electron chi connectivity index (χ4n) is 8.83. The SMILES string of the molecule is N#Cc1ccccc1-c1ccc2c(c1)C1(c3ccccc3Sc3ccccc31)c1cc(-c3nc(-c4ccccc4)nc(-c4ccc(-c5ccccc5)cc4)n3)ccc1-2. The van der Waals surface area contributed by atoms with Crippen LogP contribution in [0.25, 0.3) is 67.5 Å². The largest absolute Gasteiger partial charge is 0.208 e. The van der Waals surface area contributed by atoms with Gasteiger partial charge in [-0.25, -0.2) is 15.0 Å². The third-order valence-electron chi connectivity index (χ3n) is 11.5. The van der Waals surface area contributed by atoms with Gasteiger partial charge in [-0.3, -0.25) is 0 Å². The Morgan fingerprint density at radius 2 is 0.793 bits per heavy atom. The Bertz CT molecular complexity index is 3050. The summed E-state index contributed by atoms with van der Waals surface area (Å²) in [6.45, 7) is 0. The molecule has 11 rings (SSSR count). The molecule has 1 spiro atoms. The predicted molar refractivity (Wildman–Crippen MR) is 233 cm³/mol. The lowest BCUT2D eigenvalue weighted by molar-refractivity contribution is 0.722. The van der Waals surface area contributed by atoms with Crippen LogP contribution < -0.4 is 0 Å². The van der Waals surface area contributed by atoms with Crippen molar-refractivity contribution in [3.63, 3.8) is 0 Å². The summed E-state index contributed by atoms with van der Waals surface area (Å²) in [5.74, 6) is 1.85. The lowest BCUT2D eigenvalue weighted by atomic mass is 9.67. The molecule has 0 radical (unpaired) electrons. The van der Waals surface area contributed by atoms with E-state index in [1.54, 1.807) is 0 Å². The minimum Gasteiger partial charge on any atom is -0.208 e. The summed E-state index contributed by atoms with van der Waals surface area (Å²) in [5.41, 5.74) is 14.2. The second-order valence-electron chi connectivity index (χ2n) is 14.6. The molecule has 0 N–H and O–H groups in total. The molecule has 8 aromatic carbocycles. The summed E-state index contributed by atoms with van der Waals surface area (Å²) in [7, 11) is 0. The smallest absolute Gasteiger partial charge is 0.164 e. The highest BCUT2D eigenvalue weighted by Gasteiger charge is 2.50. The van der Waals surface area contributed by atoms with Crippen molar-refractivity contribution in [3.8, 4) is 73.6 Å². The minimum atomic E-state index is -0.637. The molecule has 2 heterocycles. The molecule has 9 aromatic rings. The first-order valence-corrected chi connectivity index (χ1v) is 20.1. The van der Waals surface area contributed by atoms with Gasteiger partial charge in [-0.15, -0.1) is 0 Å². The van der Waals surface area contributed by atoms with Crippen LogP contribution in [0.4, 0.5) is 0 Å². The normalized spacial score (nSPS) is 12.9. The molecule has 0 atom stereocenters. The van der Waals surface area contributed by atoms with Crippen molar-refractivity contribution in [3.05, 3.63) is 222 Å². The number of fused-ring (bicyclic) bond motifs is 9. The first kappa shape index (κ1) is 33.9. The zero-order valence-electron chi connectivity index (χ0n) is 31.2. The predicted octanol–water partition coefficient (Wildman–Crippen LogP) is 12.9. The Balaban J connectivity index is 1.14. The standard InChI is InChI=1S/C53H32N4S/c54-33-40-17-7-8-18-41(40)38-27-29-42-43-30-28-39(32-47(43)53(46(42)31-38)44-19-9-11-21-48(44)58-49-22-12-10-20-45(49)53)52-56-50(36-15-5-2-6-16-36)55-51(57-52)37-25-23-35(24-26-37)34-13-3-1-4-14-34/h1-32H. The monoisotopic (exact) mass is 756 g/mol. The lowest BCUT2D eigenvalue weighted by Gasteiger charge is -2.39. The molecule has 0 unspecified atom stereocenters. The summed E-state index contributed by atoms with van der Waals surface area (Å²) >= 11 is 1.82. The summed E-state index contributed by atoms with van der Waals surface area (Å²) in [6.07, 6.45) is 0. The van der Waals surface area contributed by atoms with Gasteiger partial charge in [0.1, 0.15) is 0 Å². The van der Waals surface area contributed by atoms with Crippen LogP contribution in [0, 0.1) is 11.3 Å². The molecule has 0 bridgehead atoms. The topological polar surface area (TPSA) is 62.5 Å². The van der Waals surface area contributed by atoms with Gasteiger partial charge in [0.05, 0.1) is 17.0 Å². The molecular weight excluding hydrogens is 725 g/mol. The molecule has 5 heteroatoms. The lowest BCUT2D eigenvalue weighted by Crippen LogP contribution is -2.32. The van der Waals surface area contributed by atoms with E-state index in [-0.39, 0.29) is 0 Å². The highest BCUT2D eigenvalue weighted by molar-refractivity contribution is 7.99. The van der Waals surface area contributed by atoms with Crippen molar-refractivity contribution in [2.24, 2.45) is 0 Å². The van der Waals surface area contributed by atoms with E-state index >= 15 is 0 Å². The number of hydrogen-bond acceptors (Lipinski definition) is 5. The molecule has 0 fully saturated rings. The highest BCUT2D eigenvalue weighted by atomic mass is 32.2. The van der Waals surface area contributed by atoms with Gasteiger partial charge in [-0.1, -0.05) is 176 Å². The van der Waals surface area contributed by atoms with Crippen LogP contribution in [0.15, 0.2) is 204 Å². The van der Waals surface area contributed by atoms with Gasteiger partial charge in [-0.05, 0) is 86.0 Å². The van der Waals surface area contributed by atoms with Gasteiger partial charge in [0, 0.05) is 26.5 Å². The van der Waals surface area contributed by atoms with Crippen molar-refractivity contribution in [2.45, 2.75) is 15.2 Å². The van der Waals surface area contributed by atoms with E-state index in [1.807, 2.05) is 72.4 Å². The quantitative estimate of drug-likeness (QED) is 0.175. The van der Waals surface area contributed by atoms with Crippen molar-refractivity contribution in [1.82, 2.24) is 15.0 Å². The maximum Gasteiger partial charge on any atom is 0.164 e. The summed E-state index contributed by atoms with van der Waals surface area (Å²) in [5, 5.41) is 10.1. The van der Waals surface area contributed by atoms with Crippen LogP contribution in [-0.4, -0.2) is 15.0 Å². The summed E-state index contributed by atoms with van der Waals surface area (Å²) in [6, 6.07) is 70.3. The van der Waals surface area contributed by atoms with E-state index in [4.69, 9.17) is 15.0 Å². The molecule has 1 aliphatic heterocycles. The van der Waals surface area contributed by atoms with Gasteiger partial charge >= 0.3 is 0 Å². The van der Waals surface area contributed by atoms with Crippen molar-refractivity contribution >= 4 is 11.8 Å². The van der Waals surface area contributed by atoms with Gasteiger partial charge in [0.25, 0.3) is 0 Å². The third-order valence-corrected chi connectivity index (χ3v) is 12.6. The molecule has 0 saturated carbocycles. The van der Waals surface area contributed by atoms with E-state index in [1.165, 1.54) is 43.2 Å². The number of nitrogens with zero attached hydrogens (tertiary/aromatic N) is 4. The first-order chi connectivity index (χ1) is 28.7. The highest BCUT2D eigenvalue weighted by Crippen LogP contribution is 2.63. The molecule has 0 amide bonds. The number of aromatic nitrogens is 3. The molecule has 58 heavy (non-hydrogen) atoms. The summed E-state index contributed by atoms with van der Waals surface area (Å²) in [4.78, 5) is 17.9. The van der Waals surface area contributed by atoms with Gasteiger partial charge in [0.2, 0.25) is 0 Å². The van der Waals surface area contributed by atoms with Crippen molar-refractivity contribution in [2.75, 3.05) is 0 Å². The number of nitriles is 1. The Morgan fingerprint density at radius 3 is 1.41 bits per heavy atom.